The van der Waals surface area contributed by atoms with Crippen molar-refractivity contribution in [2.75, 3.05) is 32.7 Å². The number of rotatable bonds is 6. The minimum Gasteiger partial charge on any atom is -0.338 e. The highest BCUT2D eigenvalue weighted by molar-refractivity contribution is 7.71. The predicted molar refractivity (Wildman–Crippen MR) is 120 cm³/mol. The lowest BCUT2D eigenvalue weighted by Crippen LogP contribution is -2.42. The first kappa shape index (κ1) is 21.7. The fourth-order valence-corrected chi connectivity index (χ4v) is 4.67. The van der Waals surface area contributed by atoms with Crippen molar-refractivity contribution < 1.29 is 4.79 Å². The van der Waals surface area contributed by atoms with Gasteiger partial charge in [0.15, 0.2) is 4.77 Å². The quantitative estimate of drug-likeness (QED) is 0.732. The topological polar surface area (TPSA) is 61.3 Å². The molecule has 6 nitrogen and oxygen atoms in total. The average molecular weight is 417 g/mol. The van der Waals surface area contributed by atoms with Crippen LogP contribution >= 0.6 is 12.2 Å². The third kappa shape index (κ3) is 4.78. The van der Waals surface area contributed by atoms with Gasteiger partial charge in [0.2, 0.25) is 0 Å². The second-order valence-electron chi connectivity index (χ2n) is 8.33. The largest absolute Gasteiger partial charge is 0.338 e. The lowest BCUT2D eigenvalue weighted by molar-refractivity contribution is 0.0623. The highest BCUT2D eigenvalue weighted by atomic mass is 32.1. The Morgan fingerprint density at radius 1 is 1.21 bits per heavy atom. The molecule has 0 unspecified atom stereocenters. The van der Waals surface area contributed by atoms with Crippen molar-refractivity contribution in [2.24, 2.45) is 11.8 Å². The van der Waals surface area contributed by atoms with Crippen molar-refractivity contribution in [3.63, 3.8) is 0 Å². The van der Waals surface area contributed by atoms with E-state index in [-0.39, 0.29) is 11.5 Å². The third-order valence-electron chi connectivity index (χ3n) is 5.92. The first-order chi connectivity index (χ1) is 13.8. The van der Waals surface area contributed by atoms with Gasteiger partial charge in [-0.3, -0.25) is 14.2 Å². The molecule has 0 bridgehead atoms. The summed E-state index contributed by atoms with van der Waals surface area (Å²) < 4.78 is 2.02. The van der Waals surface area contributed by atoms with E-state index in [0.717, 1.165) is 39.1 Å². The van der Waals surface area contributed by atoms with Crippen LogP contribution in [-0.2, 0) is 6.54 Å². The number of amides is 1. The van der Waals surface area contributed by atoms with Gasteiger partial charge in [0.1, 0.15) is 0 Å². The molecule has 1 N–H and O–H groups in total. The molecule has 0 saturated carbocycles. The first-order valence-corrected chi connectivity index (χ1v) is 11.0. The van der Waals surface area contributed by atoms with Crippen LogP contribution in [0.4, 0.5) is 0 Å². The average Bonchev–Trinajstić information content (AvgIpc) is 2.69. The van der Waals surface area contributed by atoms with Crippen molar-refractivity contribution in [3.8, 4) is 0 Å². The number of H-pyrrole nitrogens is 1. The molecule has 1 aliphatic heterocycles. The van der Waals surface area contributed by atoms with Gasteiger partial charge in [-0.15, -0.1) is 0 Å². The van der Waals surface area contributed by atoms with Gasteiger partial charge in [-0.2, -0.15) is 0 Å². The molecule has 1 saturated heterocycles. The van der Waals surface area contributed by atoms with Crippen LogP contribution in [0.3, 0.4) is 0 Å². The number of benzene rings is 1. The Morgan fingerprint density at radius 2 is 1.86 bits per heavy atom. The Bertz CT molecular complexity index is 982. The Labute approximate surface area is 177 Å². The third-order valence-corrected chi connectivity index (χ3v) is 6.24. The smallest absolute Gasteiger partial charge is 0.262 e. The number of piperidine rings is 1. The number of nitrogens with zero attached hydrogens (tertiary/aromatic N) is 3. The van der Waals surface area contributed by atoms with Crippen LogP contribution in [0.5, 0.6) is 0 Å². The lowest BCUT2D eigenvalue weighted by atomic mass is 9.91. The molecule has 1 aliphatic rings. The first-order valence-electron chi connectivity index (χ1n) is 10.6. The molecule has 158 valence electrons. The molecule has 0 spiro atoms. The molecule has 7 heteroatoms. The maximum absolute atomic E-state index is 13.0. The highest BCUT2D eigenvalue weighted by Crippen LogP contribution is 2.23. The van der Waals surface area contributed by atoms with Gasteiger partial charge in [0, 0.05) is 31.7 Å². The number of fused-ring (bicyclic) bond motifs is 1. The van der Waals surface area contributed by atoms with Crippen molar-refractivity contribution in [1.82, 2.24) is 19.4 Å². The highest BCUT2D eigenvalue weighted by Gasteiger charge is 2.26. The number of hydrogen-bond acceptors (Lipinski definition) is 4. The molecular formula is C22H32N4O2S. The summed E-state index contributed by atoms with van der Waals surface area (Å²) in [5.74, 6) is 1.04. The van der Waals surface area contributed by atoms with E-state index in [4.69, 9.17) is 12.2 Å². The zero-order valence-electron chi connectivity index (χ0n) is 17.9. The van der Waals surface area contributed by atoms with Crippen molar-refractivity contribution in [1.29, 1.82) is 0 Å². The van der Waals surface area contributed by atoms with E-state index < -0.39 is 0 Å². The lowest BCUT2D eigenvalue weighted by Gasteiger charge is -2.35. The minimum atomic E-state index is -0.102. The molecule has 0 radical (unpaired) electrons. The van der Waals surface area contributed by atoms with Crippen LogP contribution in [0.25, 0.3) is 10.9 Å². The maximum Gasteiger partial charge on any atom is 0.262 e. The summed E-state index contributed by atoms with van der Waals surface area (Å²) >= 11 is 5.45. The number of carbonyl (C=O) groups excluding carboxylic acids is 1. The number of aromatic nitrogens is 2. The molecule has 3 rings (SSSR count). The van der Waals surface area contributed by atoms with E-state index >= 15 is 0 Å². The van der Waals surface area contributed by atoms with Gasteiger partial charge in [-0.05, 0) is 61.8 Å². The Balaban J connectivity index is 1.89. The Morgan fingerprint density at radius 3 is 2.48 bits per heavy atom. The van der Waals surface area contributed by atoms with Crippen LogP contribution < -0.4 is 5.56 Å². The summed E-state index contributed by atoms with van der Waals surface area (Å²) in [6.07, 6.45) is 1.15. The number of hydrogen-bond donors (Lipinski definition) is 1. The number of aromatic amines is 1. The van der Waals surface area contributed by atoms with Gasteiger partial charge in [0.05, 0.1) is 10.9 Å². The molecule has 1 aromatic carbocycles. The fourth-order valence-electron chi connectivity index (χ4n) is 4.38. The number of likely N-dealkylation sites (N-methyl/N-ethyl adjacent to an activating group) is 1. The summed E-state index contributed by atoms with van der Waals surface area (Å²) in [5, 5.41) is 0.565. The Hall–Kier alpha value is -1.99. The van der Waals surface area contributed by atoms with E-state index in [2.05, 4.69) is 37.6 Å². The van der Waals surface area contributed by atoms with Gasteiger partial charge in [-0.1, -0.05) is 27.7 Å². The van der Waals surface area contributed by atoms with Gasteiger partial charge >= 0.3 is 0 Å². The molecular weight excluding hydrogens is 384 g/mol. The van der Waals surface area contributed by atoms with E-state index in [9.17, 15) is 9.59 Å². The fraction of sp³-hybridized carbons (Fsp3) is 0.591. The molecule has 1 fully saturated rings. The van der Waals surface area contributed by atoms with Gasteiger partial charge in [-0.25, -0.2) is 0 Å². The molecule has 2 heterocycles. The number of nitrogens with one attached hydrogen (secondary N) is 1. The predicted octanol–water partition coefficient (Wildman–Crippen LogP) is 3.52. The van der Waals surface area contributed by atoms with Crippen LogP contribution in [0.15, 0.2) is 23.0 Å². The summed E-state index contributed by atoms with van der Waals surface area (Å²) in [6, 6.07) is 5.29. The van der Waals surface area contributed by atoms with Crippen LogP contribution in [0.2, 0.25) is 0 Å². The normalized spacial score (nSPS) is 19.8. The van der Waals surface area contributed by atoms with Gasteiger partial charge < -0.3 is 14.8 Å². The Kier molecular flexibility index (Phi) is 6.90. The number of carbonyl (C=O) groups is 1. The van der Waals surface area contributed by atoms with E-state index in [0.29, 0.717) is 39.6 Å². The van der Waals surface area contributed by atoms with E-state index in [1.807, 2.05) is 4.90 Å². The molecule has 0 aliphatic carbocycles. The second kappa shape index (κ2) is 9.22. The molecule has 2 atom stereocenters. The monoisotopic (exact) mass is 416 g/mol. The standard InChI is InChI=1S/C22H32N4O2S/c1-5-24(6-2)9-10-26-21(28)18-8-7-17(12-19(18)23-22(26)29)20(27)25-13-15(3)11-16(4)14-25/h7-8,12,15-16H,5-6,9-11,13-14H2,1-4H3,(H,23,29)/t15-,16-/m1/s1. The second-order valence-corrected chi connectivity index (χ2v) is 8.72. The van der Waals surface area contributed by atoms with Crippen molar-refractivity contribution >= 4 is 29.0 Å². The van der Waals surface area contributed by atoms with Crippen molar-refractivity contribution in [3.05, 3.63) is 38.9 Å². The van der Waals surface area contributed by atoms with E-state index in [1.54, 1.807) is 22.8 Å². The van der Waals surface area contributed by atoms with Crippen LogP contribution in [-0.4, -0.2) is 58.0 Å². The molecule has 2 aromatic rings. The van der Waals surface area contributed by atoms with Gasteiger partial charge in [0.25, 0.3) is 11.5 Å². The van der Waals surface area contributed by atoms with Crippen LogP contribution in [0, 0.1) is 16.6 Å². The minimum absolute atomic E-state index is 0.0235. The number of likely N-dealkylation sites (tertiary alicyclic amines) is 1. The zero-order chi connectivity index (χ0) is 21.1. The van der Waals surface area contributed by atoms with E-state index in [1.165, 1.54) is 0 Å². The summed E-state index contributed by atoms with van der Waals surface area (Å²) in [5.41, 5.74) is 1.13. The van der Waals surface area contributed by atoms with Crippen molar-refractivity contribution in [2.45, 2.75) is 40.7 Å². The maximum atomic E-state index is 13.0. The zero-order valence-corrected chi connectivity index (χ0v) is 18.7. The molecule has 1 aromatic heterocycles. The SMILES string of the molecule is CCN(CC)CCn1c(=S)[nH]c2cc(C(=O)N3C[C@H](C)C[C@@H](C)C3)ccc2c1=O. The summed E-state index contributed by atoms with van der Waals surface area (Å²) in [7, 11) is 0. The molecule has 29 heavy (non-hydrogen) atoms. The summed E-state index contributed by atoms with van der Waals surface area (Å²) in [6.45, 7) is 13.4. The van der Waals surface area contributed by atoms with Crippen LogP contribution in [0.1, 0.15) is 44.5 Å². The molecule has 1 amide bonds. The summed E-state index contributed by atoms with van der Waals surface area (Å²) in [4.78, 5) is 33.3.